The molecule has 2 rings (SSSR count). The largest absolute Gasteiger partial charge is 0.504 e. The highest BCUT2D eigenvalue weighted by Gasteiger charge is 2.02. The third-order valence-electron chi connectivity index (χ3n) is 2.38. The molecule has 4 heteroatoms. The van der Waals surface area contributed by atoms with E-state index in [0.29, 0.717) is 12.3 Å². The van der Waals surface area contributed by atoms with E-state index in [-0.39, 0.29) is 5.75 Å². The number of benzene rings is 1. The SMILES string of the molecule is COc1ccc(NCc2ccccn2)cc1O. The molecule has 2 N–H and O–H groups in total. The van der Waals surface area contributed by atoms with Crippen LogP contribution in [0, 0.1) is 0 Å². The Labute approximate surface area is 99.9 Å². The number of aromatic nitrogens is 1. The van der Waals surface area contributed by atoms with Crippen molar-refractivity contribution in [2.75, 3.05) is 12.4 Å². The second-order valence-corrected chi connectivity index (χ2v) is 3.56. The minimum absolute atomic E-state index is 0.124. The number of anilines is 1. The van der Waals surface area contributed by atoms with E-state index >= 15 is 0 Å². The van der Waals surface area contributed by atoms with Gasteiger partial charge in [0.2, 0.25) is 0 Å². The molecule has 0 fully saturated rings. The molecular weight excluding hydrogens is 216 g/mol. The molecule has 88 valence electrons. The number of phenolic OH excluding ortho intramolecular Hbond substituents is 1. The summed E-state index contributed by atoms with van der Waals surface area (Å²) in [6, 6.07) is 11.0. The standard InChI is InChI=1S/C13H14N2O2/c1-17-13-6-5-10(8-12(13)16)15-9-11-4-2-3-7-14-11/h2-8,15-16H,9H2,1H3. The molecule has 0 atom stereocenters. The van der Waals surface area contributed by atoms with Gasteiger partial charge in [0.05, 0.1) is 19.3 Å². The highest BCUT2D eigenvalue weighted by atomic mass is 16.5. The molecule has 2 aromatic rings. The third-order valence-corrected chi connectivity index (χ3v) is 2.38. The number of hydrogen-bond donors (Lipinski definition) is 2. The first kappa shape index (κ1) is 11.3. The zero-order chi connectivity index (χ0) is 12.1. The van der Waals surface area contributed by atoms with Gasteiger partial charge in [-0.2, -0.15) is 0 Å². The van der Waals surface area contributed by atoms with Crippen LogP contribution in [0.2, 0.25) is 0 Å². The van der Waals surface area contributed by atoms with Crippen molar-refractivity contribution in [3.8, 4) is 11.5 Å². The Morgan fingerprint density at radius 2 is 2.18 bits per heavy atom. The Morgan fingerprint density at radius 1 is 1.29 bits per heavy atom. The molecule has 0 unspecified atom stereocenters. The number of hydrogen-bond acceptors (Lipinski definition) is 4. The Bertz CT molecular complexity index is 486. The topological polar surface area (TPSA) is 54.4 Å². The predicted octanol–water partition coefficient (Wildman–Crippen LogP) is 2.41. The molecule has 0 spiro atoms. The predicted molar refractivity (Wildman–Crippen MR) is 66.2 cm³/mol. The minimum atomic E-state index is 0.124. The van der Waals surface area contributed by atoms with Crippen LogP contribution in [-0.2, 0) is 6.54 Å². The van der Waals surface area contributed by atoms with Gasteiger partial charge in [-0.05, 0) is 24.3 Å². The Morgan fingerprint density at radius 3 is 2.82 bits per heavy atom. The molecule has 0 aliphatic rings. The molecule has 0 saturated heterocycles. The lowest BCUT2D eigenvalue weighted by Crippen LogP contribution is -2.00. The van der Waals surface area contributed by atoms with E-state index in [4.69, 9.17) is 4.74 Å². The maximum atomic E-state index is 9.61. The van der Waals surface area contributed by atoms with Crippen LogP contribution in [0.3, 0.4) is 0 Å². The molecule has 4 nitrogen and oxygen atoms in total. The maximum Gasteiger partial charge on any atom is 0.160 e. The molecule has 0 amide bonds. The van der Waals surface area contributed by atoms with Crippen molar-refractivity contribution in [2.45, 2.75) is 6.54 Å². The summed E-state index contributed by atoms with van der Waals surface area (Å²) in [6.07, 6.45) is 1.75. The van der Waals surface area contributed by atoms with E-state index in [0.717, 1.165) is 11.4 Å². The molecule has 0 aliphatic carbocycles. The van der Waals surface area contributed by atoms with Crippen LogP contribution in [0.25, 0.3) is 0 Å². The number of pyridine rings is 1. The first-order chi connectivity index (χ1) is 8.29. The summed E-state index contributed by atoms with van der Waals surface area (Å²) in [5.74, 6) is 0.590. The van der Waals surface area contributed by atoms with E-state index < -0.39 is 0 Å². The van der Waals surface area contributed by atoms with Crippen LogP contribution >= 0.6 is 0 Å². The average molecular weight is 230 g/mol. The first-order valence-corrected chi connectivity index (χ1v) is 5.30. The van der Waals surface area contributed by atoms with Crippen molar-refractivity contribution in [3.05, 3.63) is 48.3 Å². The normalized spacial score (nSPS) is 9.94. The molecular formula is C13H14N2O2. The summed E-state index contributed by atoms with van der Waals surface area (Å²) >= 11 is 0. The average Bonchev–Trinajstić information content (AvgIpc) is 2.38. The number of nitrogens with one attached hydrogen (secondary N) is 1. The molecule has 1 aromatic heterocycles. The van der Waals surface area contributed by atoms with Crippen molar-refractivity contribution in [1.82, 2.24) is 4.98 Å². The van der Waals surface area contributed by atoms with Gasteiger partial charge in [0, 0.05) is 18.0 Å². The Kier molecular flexibility index (Phi) is 3.45. The van der Waals surface area contributed by atoms with Gasteiger partial charge in [0.25, 0.3) is 0 Å². The van der Waals surface area contributed by atoms with Crippen LogP contribution in [0.15, 0.2) is 42.6 Å². The fourth-order valence-electron chi connectivity index (χ4n) is 1.50. The molecule has 1 aromatic carbocycles. The summed E-state index contributed by atoms with van der Waals surface area (Å²) < 4.78 is 4.97. The fraction of sp³-hybridized carbons (Fsp3) is 0.154. The minimum Gasteiger partial charge on any atom is -0.504 e. The van der Waals surface area contributed by atoms with Gasteiger partial charge in [-0.15, -0.1) is 0 Å². The maximum absolute atomic E-state index is 9.61. The summed E-state index contributed by atoms with van der Waals surface area (Å²) in [5, 5.41) is 12.8. The monoisotopic (exact) mass is 230 g/mol. The second-order valence-electron chi connectivity index (χ2n) is 3.56. The van der Waals surface area contributed by atoms with E-state index in [1.54, 1.807) is 18.3 Å². The zero-order valence-corrected chi connectivity index (χ0v) is 9.55. The lowest BCUT2D eigenvalue weighted by molar-refractivity contribution is 0.373. The van der Waals surface area contributed by atoms with Crippen LogP contribution in [-0.4, -0.2) is 17.2 Å². The fourth-order valence-corrected chi connectivity index (χ4v) is 1.50. The lowest BCUT2D eigenvalue weighted by atomic mass is 10.2. The summed E-state index contributed by atoms with van der Waals surface area (Å²) in [7, 11) is 1.52. The number of methoxy groups -OCH3 is 1. The van der Waals surface area contributed by atoms with Crippen molar-refractivity contribution < 1.29 is 9.84 Å². The molecule has 0 aliphatic heterocycles. The van der Waals surface area contributed by atoms with E-state index in [2.05, 4.69) is 10.3 Å². The lowest BCUT2D eigenvalue weighted by Gasteiger charge is -2.08. The van der Waals surface area contributed by atoms with Crippen LogP contribution in [0.4, 0.5) is 5.69 Å². The number of ether oxygens (including phenoxy) is 1. The molecule has 1 heterocycles. The van der Waals surface area contributed by atoms with Crippen LogP contribution in [0.5, 0.6) is 11.5 Å². The molecule has 0 bridgehead atoms. The quantitative estimate of drug-likeness (QED) is 0.846. The first-order valence-electron chi connectivity index (χ1n) is 5.30. The number of rotatable bonds is 4. The molecule has 0 saturated carbocycles. The van der Waals surface area contributed by atoms with Gasteiger partial charge < -0.3 is 15.2 Å². The smallest absolute Gasteiger partial charge is 0.160 e. The van der Waals surface area contributed by atoms with Gasteiger partial charge in [-0.1, -0.05) is 6.07 Å². The number of nitrogens with zero attached hydrogens (tertiary/aromatic N) is 1. The second kappa shape index (κ2) is 5.21. The Hall–Kier alpha value is -2.23. The molecule has 0 radical (unpaired) electrons. The zero-order valence-electron chi connectivity index (χ0n) is 9.55. The van der Waals surface area contributed by atoms with Gasteiger partial charge >= 0.3 is 0 Å². The van der Waals surface area contributed by atoms with Gasteiger partial charge in [-0.25, -0.2) is 0 Å². The van der Waals surface area contributed by atoms with Crippen LogP contribution < -0.4 is 10.1 Å². The third kappa shape index (κ3) is 2.87. The van der Waals surface area contributed by atoms with E-state index in [1.165, 1.54) is 7.11 Å². The van der Waals surface area contributed by atoms with Gasteiger partial charge in [-0.3, -0.25) is 4.98 Å². The highest BCUT2D eigenvalue weighted by molar-refractivity contribution is 5.54. The van der Waals surface area contributed by atoms with Gasteiger partial charge in [0.15, 0.2) is 11.5 Å². The number of aromatic hydroxyl groups is 1. The molecule has 17 heavy (non-hydrogen) atoms. The summed E-state index contributed by atoms with van der Waals surface area (Å²) in [6.45, 7) is 0.618. The van der Waals surface area contributed by atoms with Crippen molar-refractivity contribution in [1.29, 1.82) is 0 Å². The Balaban J connectivity index is 2.02. The highest BCUT2D eigenvalue weighted by Crippen LogP contribution is 2.28. The van der Waals surface area contributed by atoms with Crippen LogP contribution in [0.1, 0.15) is 5.69 Å². The van der Waals surface area contributed by atoms with Crippen molar-refractivity contribution in [3.63, 3.8) is 0 Å². The van der Waals surface area contributed by atoms with E-state index in [9.17, 15) is 5.11 Å². The summed E-state index contributed by atoms with van der Waals surface area (Å²) in [5.41, 5.74) is 1.77. The van der Waals surface area contributed by atoms with Crippen molar-refractivity contribution in [2.24, 2.45) is 0 Å². The number of phenols is 1. The van der Waals surface area contributed by atoms with E-state index in [1.807, 2.05) is 24.3 Å². The van der Waals surface area contributed by atoms with Gasteiger partial charge in [0.1, 0.15) is 0 Å². The summed E-state index contributed by atoms with van der Waals surface area (Å²) in [4.78, 5) is 4.20. The van der Waals surface area contributed by atoms with Crippen molar-refractivity contribution >= 4 is 5.69 Å².